The van der Waals surface area contributed by atoms with Gasteiger partial charge in [-0.2, -0.15) is 0 Å². The molecule has 0 aliphatic rings. The molecule has 3 nitrogen and oxygen atoms in total. The first-order valence-corrected chi connectivity index (χ1v) is 7.51. The van der Waals surface area contributed by atoms with Crippen LogP contribution in [0, 0.1) is 0 Å². The van der Waals surface area contributed by atoms with E-state index in [0.717, 1.165) is 5.76 Å². The molecule has 1 aromatic heterocycles. The molecule has 0 fully saturated rings. The predicted octanol–water partition coefficient (Wildman–Crippen LogP) is 3.34. The minimum absolute atomic E-state index is 0.0499. The summed E-state index contributed by atoms with van der Waals surface area (Å²) in [6.45, 7) is 2.74. The summed E-state index contributed by atoms with van der Waals surface area (Å²) in [5.41, 5.74) is 1.26. The van der Waals surface area contributed by atoms with E-state index in [4.69, 9.17) is 9.52 Å². The second-order valence-electron chi connectivity index (χ2n) is 4.40. The van der Waals surface area contributed by atoms with Crippen molar-refractivity contribution in [1.29, 1.82) is 0 Å². The van der Waals surface area contributed by atoms with Gasteiger partial charge in [-0.25, -0.2) is 0 Å². The van der Waals surface area contributed by atoms with Crippen LogP contribution in [0.1, 0.15) is 30.0 Å². The number of nitrogens with one attached hydrogen (secondary N) is 1. The summed E-state index contributed by atoms with van der Waals surface area (Å²) in [6.07, 6.45) is 2.08. The zero-order valence-corrected chi connectivity index (χ0v) is 12.0. The second-order valence-corrected chi connectivity index (χ2v) is 5.28. The summed E-state index contributed by atoms with van der Waals surface area (Å²) in [6, 6.07) is 12.5. The average Bonchev–Trinajstić information content (AvgIpc) is 2.93. The van der Waals surface area contributed by atoms with Gasteiger partial charge in [-0.15, -0.1) is 11.8 Å². The molecule has 1 unspecified atom stereocenters. The van der Waals surface area contributed by atoms with Gasteiger partial charge in [0.05, 0.1) is 6.54 Å². The quantitative estimate of drug-likeness (QED) is 0.795. The molecule has 0 spiro atoms. The van der Waals surface area contributed by atoms with E-state index in [9.17, 15) is 0 Å². The van der Waals surface area contributed by atoms with Gasteiger partial charge in [0, 0.05) is 10.9 Å². The molecule has 0 bridgehead atoms. The van der Waals surface area contributed by atoms with Crippen LogP contribution >= 0.6 is 11.8 Å². The monoisotopic (exact) mass is 277 g/mol. The predicted molar refractivity (Wildman–Crippen MR) is 78.1 cm³/mol. The molecule has 0 saturated heterocycles. The van der Waals surface area contributed by atoms with Crippen molar-refractivity contribution < 1.29 is 9.52 Å². The number of furan rings is 1. The lowest BCUT2D eigenvalue weighted by Gasteiger charge is -2.13. The van der Waals surface area contributed by atoms with Gasteiger partial charge in [-0.05, 0) is 43.0 Å². The SMILES string of the molecule is CSc1ccc(C(C)NCc2ccc(CO)o2)cc1. The Morgan fingerprint density at radius 3 is 2.42 bits per heavy atom. The van der Waals surface area contributed by atoms with Crippen molar-refractivity contribution >= 4 is 11.8 Å². The first kappa shape index (κ1) is 14.2. The smallest absolute Gasteiger partial charge is 0.129 e. The standard InChI is InChI=1S/C15H19NO2S/c1-11(12-3-7-15(19-2)8-4-12)16-9-13-5-6-14(10-17)18-13/h3-8,11,16-17H,9-10H2,1-2H3. The lowest BCUT2D eigenvalue weighted by Crippen LogP contribution is -2.17. The average molecular weight is 277 g/mol. The van der Waals surface area contributed by atoms with Crippen LogP contribution in [0.3, 0.4) is 0 Å². The highest BCUT2D eigenvalue weighted by molar-refractivity contribution is 7.98. The van der Waals surface area contributed by atoms with E-state index in [-0.39, 0.29) is 12.6 Å². The number of hydrogen-bond donors (Lipinski definition) is 2. The van der Waals surface area contributed by atoms with Crippen molar-refractivity contribution in [3.8, 4) is 0 Å². The Bertz CT molecular complexity index is 507. The number of aliphatic hydroxyl groups is 1. The highest BCUT2D eigenvalue weighted by Crippen LogP contribution is 2.19. The lowest BCUT2D eigenvalue weighted by molar-refractivity contribution is 0.242. The maximum Gasteiger partial charge on any atom is 0.129 e. The number of rotatable bonds is 6. The van der Waals surface area contributed by atoms with Gasteiger partial charge in [-0.3, -0.25) is 0 Å². The maximum absolute atomic E-state index is 8.94. The summed E-state index contributed by atoms with van der Waals surface area (Å²) in [7, 11) is 0. The molecule has 2 rings (SSSR count). The van der Waals surface area contributed by atoms with Crippen molar-refractivity contribution in [2.45, 2.75) is 31.0 Å². The molecule has 19 heavy (non-hydrogen) atoms. The van der Waals surface area contributed by atoms with E-state index in [2.05, 4.69) is 42.8 Å². The summed E-state index contributed by atoms with van der Waals surface area (Å²) >= 11 is 1.75. The number of thioether (sulfide) groups is 1. The molecule has 0 radical (unpaired) electrons. The van der Waals surface area contributed by atoms with Crippen LogP contribution in [0.2, 0.25) is 0 Å². The van der Waals surface area contributed by atoms with Gasteiger partial charge < -0.3 is 14.8 Å². The number of aliphatic hydroxyl groups excluding tert-OH is 1. The van der Waals surface area contributed by atoms with Crippen LogP contribution in [0.5, 0.6) is 0 Å². The Hall–Kier alpha value is -1.23. The molecule has 0 aliphatic heterocycles. The molecule has 1 heterocycles. The Balaban J connectivity index is 1.90. The highest BCUT2D eigenvalue weighted by Gasteiger charge is 2.07. The van der Waals surface area contributed by atoms with Crippen LogP contribution < -0.4 is 5.32 Å². The molecular formula is C15H19NO2S. The minimum Gasteiger partial charge on any atom is -0.462 e. The fourth-order valence-electron chi connectivity index (χ4n) is 1.87. The third-order valence-corrected chi connectivity index (χ3v) is 3.81. The topological polar surface area (TPSA) is 45.4 Å². The molecular weight excluding hydrogens is 258 g/mol. The van der Waals surface area contributed by atoms with Crippen LogP contribution in [0.25, 0.3) is 0 Å². The van der Waals surface area contributed by atoms with E-state index in [0.29, 0.717) is 12.3 Å². The second kappa shape index (κ2) is 6.80. The van der Waals surface area contributed by atoms with Crippen LogP contribution in [-0.4, -0.2) is 11.4 Å². The van der Waals surface area contributed by atoms with Gasteiger partial charge in [0.2, 0.25) is 0 Å². The van der Waals surface area contributed by atoms with Crippen LogP contribution in [-0.2, 0) is 13.2 Å². The van der Waals surface area contributed by atoms with Crippen LogP contribution in [0.15, 0.2) is 45.7 Å². The zero-order valence-electron chi connectivity index (χ0n) is 11.2. The highest BCUT2D eigenvalue weighted by atomic mass is 32.2. The Kier molecular flexibility index (Phi) is 5.07. The van der Waals surface area contributed by atoms with Crippen molar-refractivity contribution in [3.05, 3.63) is 53.5 Å². The van der Waals surface area contributed by atoms with Gasteiger partial charge >= 0.3 is 0 Å². The largest absolute Gasteiger partial charge is 0.462 e. The zero-order chi connectivity index (χ0) is 13.7. The van der Waals surface area contributed by atoms with Crippen LogP contribution in [0.4, 0.5) is 0 Å². The summed E-state index contributed by atoms with van der Waals surface area (Å²) in [4.78, 5) is 1.27. The van der Waals surface area contributed by atoms with Gasteiger partial charge in [0.25, 0.3) is 0 Å². The summed E-state index contributed by atoms with van der Waals surface area (Å²) in [5.74, 6) is 1.45. The van der Waals surface area contributed by atoms with Crippen molar-refractivity contribution in [2.75, 3.05) is 6.26 Å². The van der Waals surface area contributed by atoms with Gasteiger partial charge in [0.1, 0.15) is 18.1 Å². The number of hydrogen-bond acceptors (Lipinski definition) is 4. The molecule has 2 aromatic rings. The molecule has 0 amide bonds. The fraction of sp³-hybridized carbons (Fsp3) is 0.333. The molecule has 0 aliphatic carbocycles. The molecule has 102 valence electrons. The van der Waals surface area contributed by atoms with Crippen molar-refractivity contribution in [3.63, 3.8) is 0 Å². The molecule has 4 heteroatoms. The fourth-order valence-corrected chi connectivity index (χ4v) is 2.27. The molecule has 1 atom stereocenters. The third kappa shape index (κ3) is 3.86. The normalized spacial score (nSPS) is 12.6. The van der Waals surface area contributed by atoms with E-state index in [1.807, 2.05) is 6.07 Å². The van der Waals surface area contributed by atoms with Gasteiger partial charge in [0.15, 0.2) is 0 Å². The van der Waals surface area contributed by atoms with Gasteiger partial charge in [-0.1, -0.05) is 12.1 Å². The first-order chi connectivity index (χ1) is 9.22. The third-order valence-electron chi connectivity index (χ3n) is 3.07. The minimum atomic E-state index is -0.0499. The Labute approximate surface area is 118 Å². The van der Waals surface area contributed by atoms with Crippen molar-refractivity contribution in [2.24, 2.45) is 0 Å². The summed E-state index contributed by atoms with van der Waals surface area (Å²) in [5, 5.41) is 12.3. The maximum atomic E-state index is 8.94. The van der Waals surface area contributed by atoms with E-state index < -0.39 is 0 Å². The molecule has 0 saturated carbocycles. The van der Waals surface area contributed by atoms with E-state index in [1.165, 1.54) is 10.5 Å². The molecule has 2 N–H and O–H groups in total. The van der Waals surface area contributed by atoms with Crippen molar-refractivity contribution in [1.82, 2.24) is 5.32 Å². The van der Waals surface area contributed by atoms with E-state index in [1.54, 1.807) is 17.8 Å². The first-order valence-electron chi connectivity index (χ1n) is 6.28. The summed E-state index contributed by atoms with van der Waals surface area (Å²) < 4.78 is 5.44. The molecule has 1 aromatic carbocycles. The Morgan fingerprint density at radius 1 is 1.16 bits per heavy atom. The lowest BCUT2D eigenvalue weighted by atomic mass is 10.1. The van der Waals surface area contributed by atoms with E-state index >= 15 is 0 Å². The number of benzene rings is 1. The Morgan fingerprint density at radius 2 is 1.84 bits per heavy atom.